The fourth-order valence-electron chi connectivity index (χ4n) is 9.47. The topological polar surface area (TPSA) is 265 Å². The molecule has 2 fully saturated rings. The Morgan fingerprint density at radius 1 is 1.09 bits per heavy atom. The van der Waals surface area contributed by atoms with Crippen molar-refractivity contribution in [2.45, 2.75) is 141 Å². The Kier molecular flexibility index (Phi) is 22.2. The summed E-state index contributed by atoms with van der Waals surface area (Å²) in [5.41, 5.74) is 6.07. The van der Waals surface area contributed by atoms with Crippen LogP contribution in [0, 0.1) is 11.8 Å². The maximum atomic E-state index is 14.4. The van der Waals surface area contributed by atoms with E-state index in [0.29, 0.717) is 54.5 Å². The monoisotopic (exact) mass is 1120 g/mol. The highest BCUT2D eigenvalue weighted by Gasteiger charge is 2.64. The number of amides is 6. The zero-order valence-electron chi connectivity index (χ0n) is 47.4. The standard InChI is InChI=1S/C57H81ClN8O13/c1-33(2)26-48(67)62-42(17-15-24-60-54(59)71)52(69)61-41-21-19-39(20-22-41)32-76-38(7)64(9)25-23-35(4)65(10)37(6)53(70)78-47-30-49(68)66(11)43-28-40(29-44(74-12)50(43)58)27-34(3)16-14-18-46(75-13)57(73)31-45(77-55(72)63-57)36(5)51-56(47,8)79-51/h14,16,18-22,28-29,33,36-37,42,45-47,51,73H,4,7,15,17,23-27,30-32H2,1-3,5-6,8-13H3,(H,61,69)(H,62,67)(H,63,72)(H3,59,60,71)/b18-14+,34-16+/t36-,37+,42+,45+,46-,47+,51+,56+,57+/m1/s1. The number of halogens is 1. The zero-order valence-corrected chi connectivity index (χ0v) is 48.2. The second-order valence-electron chi connectivity index (χ2n) is 21.3. The van der Waals surface area contributed by atoms with Crippen molar-refractivity contribution in [3.8, 4) is 5.75 Å². The zero-order chi connectivity index (χ0) is 58.5. The number of hydrogen-bond donors (Lipinski definition) is 6. The number of methoxy groups -OCH3 is 2. The number of urea groups is 1. The van der Waals surface area contributed by atoms with E-state index in [9.17, 15) is 33.9 Å². The van der Waals surface area contributed by atoms with Gasteiger partial charge in [-0.2, -0.15) is 0 Å². The van der Waals surface area contributed by atoms with Crippen molar-refractivity contribution in [1.29, 1.82) is 0 Å². The number of esters is 1. The number of aliphatic hydroxyl groups is 1. The molecular formula is C57H81ClN8O13. The molecular weight excluding hydrogens is 1040 g/mol. The largest absolute Gasteiger partial charge is 0.495 e. The molecule has 79 heavy (non-hydrogen) atoms. The summed E-state index contributed by atoms with van der Waals surface area (Å²) in [6.07, 6.45) is 2.16. The lowest BCUT2D eigenvalue weighted by Crippen LogP contribution is -2.63. The van der Waals surface area contributed by atoms with Gasteiger partial charge < -0.3 is 69.9 Å². The molecule has 6 amide bonds. The average Bonchev–Trinajstić information content (AvgIpc) is 4.22. The summed E-state index contributed by atoms with van der Waals surface area (Å²) in [5.74, 6) is -1.44. The summed E-state index contributed by atoms with van der Waals surface area (Å²) >= 11 is 6.86. The van der Waals surface area contributed by atoms with Gasteiger partial charge in [0.15, 0.2) is 11.6 Å². The van der Waals surface area contributed by atoms with Gasteiger partial charge in [-0.1, -0.05) is 74.9 Å². The summed E-state index contributed by atoms with van der Waals surface area (Å²) in [4.78, 5) is 83.6. The number of nitrogens with zero attached hydrogens (tertiary/aromatic N) is 3. The number of ether oxygens (including phenoxy) is 6. The van der Waals surface area contributed by atoms with E-state index in [1.165, 1.54) is 19.1 Å². The van der Waals surface area contributed by atoms with Crippen LogP contribution in [0.5, 0.6) is 5.75 Å². The average molecular weight is 1120 g/mol. The minimum atomic E-state index is -1.86. The molecule has 7 N–H and O–H groups in total. The van der Waals surface area contributed by atoms with Crippen LogP contribution >= 0.6 is 11.6 Å². The molecule has 21 nitrogen and oxygen atoms in total. The molecule has 22 heteroatoms. The number of nitrogens with one attached hydrogen (secondary N) is 4. The Labute approximate surface area is 469 Å². The minimum absolute atomic E-state index is 0.0700. The van der Waals surface area contributed by atoms with Crippen molar-refractivity contribution < 1.29 is 62.3 Å². The van der Waals surface area contributed by atoms with Gasteiger partial charge in [-0.3, -0.25) is 19.7 Å². The summed E-state index contributed by atoms with van der Waals surface area (Å²) < 4.78 is 35.7. The normalized spacial score (nSPS) is 24.9. The number of anilines is 2. The first-order valence-electron chi connectivity index (χ1n) is 26.4. The van der Waals surface area contributed by atoms with Crippen LogP contribution < -0.4 is 36.6 Å². The van der Waals surface area contributed by atoms with E-state index in [1.807, 2.05) is 45.7 Å². The molecule has 2 aromatic rings. The minimum Gasteiger partial charge on any atom is -0.495 e. The van der Waals surface area contributed by atoms with Gasteiger partial charge in [0.25, 0.3) is 0 Å². The van der Waals surface area contributed by atoms with E-state index in [2.05, 4.69) is 34.4 Å². The van der Waals surface area contributed by atoms with Crippen molar-refractivity contribution >= 4 is 58.8 Å². The molecule has 2 saturated heterocycles. The van der Waals surface area contributed by atoms with Crippen LogP contribution in [0.25, 0.3) is 0 Å². The number of alkyl carbamates (subject to hydrolysis) is 1. The van der Waals surface area contributed by atoms with E-state index in [4.69, 9.17) is 45.8 Å². The fourth-order valence-corrected chi connectivity index (χ4v) is 9.79. The molecule has 4 bridgehead atoms. The summed E-state index contributed by atoms with van der Waals surface area (Å²) in [5, 5.41) is 22.8. The molecule has 0 saturated carbocycles. The lowest BCUT2D eigenvalue weighted by Gasteiger charge is -2.42. The predicted molar refractivity (Wildman–Crippen MR) is 300 cm³/mol. The highest BCUT2D eigenvalue weighted by Crippen LogP contribution is 2.49. The first-order chi connectivity index (χ1) is 37.2. The van der Waals surface area contributed by atoms with Crippen LogP contribution in [0.15, 0.2) is 84.9 Å². The number of rotatable bonds is 22. The molecule has 3 aliphatic rings. The second kappa shape index (κ2) is 27.9. The molecule has 3 heterocycles. The Morgan fingerprint density at radius 2 is 1.78 bits per heavy atom. The Morgan fingerprint density at radius 3 is 2.43 bits per heavy atom. The quantitative estimate of drug-likeness (QED) is 0.0321. The van der Waals surface area contributed by atoms with Crippen molar-refractivity contribution in [3.05, 3.63) is 101 Å². The number of nitrogens with two attached hydrogens (primary N) is 1. The van der Waals surface area contributed by atoms with Gasteiger partial charge in [0.1, 0.15) is 53.4 Å². The maximum absolute atomic E-state index is 14.4. The molecule has 0 aromatic heterocycles. The second-order valence-corrected chi connectivity index (χ2v) is 21.6. The number of likely N-dealkylation sites (N-methyl/N-ethyl adjacent to an activating group) is 1. The van der Waals surface area contributed by atoms with Crippen LogP contribution in [0.1, 0.15) is 91.2 Å². The van der Waals surface area contributed by atoms with Gasteiger partial charge in [0.05, 0.1) is 25.3 Å². The number of primary amides is 1. The first kappa shape index (κ1) is 63.0. The van der Waals surface area contributed by atoms with Gasteiger partial charge in [-0.05, 0) is 87.9 Å². The van der Waals surface area contributed by atoms with Crippen LogP contribution in [0.3, 0.4) is 0 Å². The smallest absolute Gasteiger partial charge is 0.409 e. The molecule has 2 aromatic carbocycles. The molecule has 0 radical (unpaired) electrons. The van der Waals surface area contributed by atoms with E-state index < -0.39 is 83.7 Å². The Hall–Kier alpha value is -6.81. The first-order valence-corrected chi connectivity index (χ1v) is 26.8. The molecule has 9 atom stereocenters. The highest BCUT2D eigenvalue weighted by atomic mass is 35.5. The molecule has 3 aliphatic heterocycles. The number of fused-ring (bicyclic) bond motifs is 5. The van der Waals surface area contributed by atoms with Gasteiger partial charge >= 0.3 is 18.1 Å². The van der Waals surface area contributed by atoms with Crippen LogP contribution in [0.4, 0.5) is 21.0 Å². The van der Waals surface area contributed by atoms with E-state index >= 15 is 0 Å². The van der Waals surface area contributed by atoms with E-state index in [1.54, 1.807) is 81.4 Å². The number of epoxide rings is 1. The van der Waals surface area contributed by atoms with Crippen molar-refractivity contribution in [2.24, 2.45) is 17.6 Å². The van der Waals surface area contributed by atoms with Gasteiger partial charge in [0.2, 0.25) is 17.7 Å². The van der Waals surface area contributed by atoms with E-state index in [0.717, 1.165) is 16.7 Å². The molecule has 434 valence electrons. The maximum Gasteiger partial charge on any atom is 0.409 e. The van der Waals surface area contributed by atoms with Crippen LogP contribution in [-0.2, 0) is 55.9 Å². The van der Waals surface area contributed by atoms with E-state index in [-0.39, 0.29) is 55.7 Å². The van der Waals surface area contributed by atoms with Crippen LogP contribution in [0.2, 0.25) is 5.02 Å². The SMILES string of the molecule is C=C(OCc1ccc(NC(=O)[C@H](CCCNC(N)=O)NC(=O)CC(C)C)cc1)N(C)CCC(=C)N(C)[C@@H](C)C(=O)O[C@H]1CC(=O)N(C)c2cc(cc(OC)c2Cl)C/C(C)=C/C=C/[C@@H](OC)[C@@]2(O)C[C@H](OC(=O)N2)[C@@H](C)[C@@H]2O[C@@]12C. The molecule has 0 spiro atoms. The van der Waals surface area contributed by atoms with Crippen molar-refractivity contribution in [3.63, 3.8) is 0 Å². The van der Waals surface area contributed by atoms with Gasteiger partial charge in [-0.15, -0.1) is 0 Å². The molecule has 5 rings (SSSR count). The predicted octanol–water partition coefficient (Wildman–Crippen LogP) is 6.43. The van der Waals surface area contributed by atoms with Gasteiger partial charge in [0, 0.05) is 77.9 Å². The number of hydrogen-bond acceptors (Lipinski definition) is 15. The number of benzene rings is 2. The number of carbonyl (C=O) groups excluding carboxylic acids is 6. The third kappa shape index (κ3) is 17.1. The third-order valence-electron chi connectivity index (χ3n) is 14.6. The van der Waals surface area contributed by atoms with Crippen LogP contribution in [-0.4, -0.2) is 147 Å². The Balaban J connectivity index is 1.23. The molecule has 0 aliphatic carbocycles. The summed E-state index contributed by atoms with van der Waals surface area (Å²) in [7, 11) is 8.04. The Bertz CT molecular complexity index is 2610. The third-order valence-corrected chi connectivity index (χ3v) is 15.0. The molecule has 0 unspecified atom stereocenters. The highest BCUT2D eigenvalue weighted by molar-refractivity contribution is 6.35. The number of allylic oxidation sites excluding steroid dienone is 3. The fraction of sp³-hybridized carbons (Fsp3) is 0.544. The van der Waals surface area contributed by atoms with Crippen molar-refractivity contribution in [1.82, 2.24) is 25.8 Å². The summed E-state index contributed by atoms with van der Waals surface area (Å²) in [6.45, 7) is 20.2. The lowest BCUT2D eigenvalue weighted by molar-refractivity contribution is -0.158. The lowest BCUT2D eigenvalue weighted by atomic mass is 9.83. The van der Waals surface area contributed by atoms with Gasteiger partial charge in [-0.25, -0.2) is 14.4 Å². The number of carbonyl (C=O) groups is 6. The van der Waals surface area contributed by atoms with Crippen molar-refractivity contribution in [2.75, 3.05) is 58.7 Å². The summed E-state index contributed by atoms with van der Waals surface area (Å²) in [6, 6.07) is 8.28.